The highest BCUT2D eigenvalue weighted by Gasteiger charge is 2.24. The maximum Gasteiger partial charge on any atom is 0.274 e. The lowest BCUT2D eigenvalue weighted by Gasteiger charge is -2.13. The van der Waals surface area contributed by atoms with Crippen LogP contribution in [0.4, 0.5) is 5.69 Å². The Kier molecular flexibility index (Phi) is 4.98. The van der Waals surface area contributed by atoms with E-state index in [0.29, 0.717) is 5.56 Å². The number of hydrogen-bond acceptors (Lipinski definition) is 5. The first-order valence-corrected chi connectivity index (χ1v) is 7.29. The van der Waals surface area contributed by atoms with E-state index in [1.54, 1.807) is 0 Å². The Morgan fingerprint density at radius 3 is 2.37 bits per heavy atom. The van der Waals surface area contributed by atoms with E-state index in [1.807, 2.05) is 13.8 Å². The highest BCUT2D eigenvalue weighted by atomic mass is 32.2. The van der Waals surface area contributed by atoms with Crippen molar-refractivity contribution < 1.29 is 18.5 Å². The van der Waals surface area contributed by atoms with Crippen molar-refractivity contribution in [2.45, 2.75) is 37.5 Å². The van der Waals surface area contributed by atoms with E-state index in [-0.39, 0.29) is 16.5 Å². The van der Waals surface area contributed by atoms with Crippen molar-refractivity contribution in [1.29, 1.82) is 0 Å². The lowest BCUT2D eigenvalue weighted by molar-refractivity contribution is -0.386. The third-order valence-corrected chi connectivity index (χ3v) is 4.17. The summed E-state index contributed by atoms with van der Waals surface area (Å²) in [6, 6.07) is 3.64. The van der Waals surface area contributed by atoms with Gasteiger partial charge in [0.15, 0.2) is 0 Å². The Morgan fingerprint density at radius 1 is 1.37 bits per heavy atom. The molecule has 0 spiro atoms. The second-order valence-electron chi connectivity index (χ2n) is 4.09. The molecule has 0 bridgehead atoms. The van der Waals surface area contributed by atoms with Crippen molar-refractivity contribution in [2.24, 2.45) is 0 Å². The lowest BCUT2D eigenvalue weighted by atomic mass is 9.93. The van der Waals surface area contributed by atoms with Crippen LogP contribution in [0.3, 0.4) is 0 Å². The van der Waals surface area contributed by atoms with E-state index in [0.717, 1.165) is 23.8 Å². The van der Waals surface area contributed by atoms with Gasteiger partial charge in [0.1, 0.15) is 0 Å². The summed E-state index contributed by atoms with van der Waals surface area (Å²) in [5.41, 5.74) is 0.261. The first kappa shape index (κ1) is 15.5. The fourth-order valence-electron chi connectivity index (χ4n) is 1.98. The zero-order chi connectivity index (χ0) is 14.6. The number of sulfonamides is 1. The third kappa shape index (κ3) is 3.28. The predicted molar refractivity (Wildman–Crippen MR) is 68.5 cm³/mol. The number of rotatable bonds is 6. The lowest BCUT2D eigenvalue weighted by Crippen LogP contribution is -2.19. The van der Waals surface area contributed by atoms with Crippen LogP contribution >= 0.6 is 0 Å². The summed E-state index contributed by atoms with van der Waals surface area (Å²) in [6.07, 6.45) is 1.45. The molecule has 0 amide bonds. The van der Waals surface area contributed by atoms with E-state index in [9.17, 15) is 18.5 Å². The van der Waals surface area contributed by atoms with Crippen LogP contribution < -0.4 is 4.89 Å². The largest absolute Gasteiger partial charge is 0.302 e. The monoisotopic (exact) mass is 288 g/mol. The molecule has 0 atom stereocenters. The van der Waals surface area contributed by atoms with Gasteiger partial charge < -0.3 is 5.21 Å². The Morgan fingerprint density at radius 2 is 1.95 bits per heavy atom. The van der Waals surface area contributed by atoms with Gasteiger partial charge in [0.25, 0.3) is 15.7 Å². The summed E-state index contributed by atoms with van der Waals surface area (Å²) in [7, 11) is -4.11. The van der Waals surface area contributed by atoms with Gasteiger partial charge in [-0.05, 0) is 24.8 Å². The molecule has 0 unspecified atom stereocenters. The van der Waals surface area contributed by atoms with Gasteiger partial charge in [-0.15, -0.1) is 0 Å². The van der Waals surface area contributed by atoms with Crippen molar-refractivity contribution in [3.63, 3.8) is 0 Å². The minimum absolute atomic E-state index is 0.000704. The van der Waals surface area contributed by atoms with Gasteiger partial charge in [0.05, 0.1) is 9.82 Å². The highest BCUT2D eigenvalue weighted by molar-refractivity contribution is 7.89. The summed E-state index contributed by atoms with van der Waals surface area (Å²) in [5, 5.41) is 19.6. The number of nitrogens with zero attached hydrogens (tertiary/aromatic N) is 1. The van der Waals surface area contributed by atoms with Crippen LogP contribution in [0.5, 0.6) is 0 Å². The number of nitro groups is 1. The molecular weight excluding hydrogens is 272 g/mol. The van der Waals surface area contributed by atoms with Crippen LogP contribution in [0.1, 0.15) is 38.2 Å². The zero-order valence-corrected chi connectivity index (χ0v) is 11.5. The molecule has 0 fully saturated rings. The van der Waals surface area contributed by atoms with Crippen LogP contribution in [-0.4, -0.2) is 18.5 Å². The second-order valence-corrected chi connectivity index (χ2v) is 5.75. The van der Waals surface area contributed by atoms with Crippen molar-refractivity contribution in [3.05, 3.63) is 33.9 Å². The molecule has 0 heterocycles. The number of benzene rings is 1. The standard InChI is InChI=1S/C11H16N2O5S/c1-3-8(4-2)10-6-5-9(19(17,18)12-14)7-11(10)13(15)16/h5-8,12,14H,3-4H2,1-2H3. The maximum absolute atomic E-state index is 11.4. The normalized spacial score (nSPS) is 11.8. The molecule has 0 aliphatic carbocycles. The van der Waals surface area contributed by atoms with E-state index >= 15 is 0 Å². The van der Waals surface area contributed by atoms with E-state index in [4.69, 9.17) is 5.21 Å². The first-order chi connectivity index (χ1) is 8.87. The quantitative estimate of drug-likeness (QED) is 0.615. The molecule has 0 aliphatic heterocycles. The molecule has 7 nitrogen and oxygen atoms in total. The van der Waals surface area contributed by atoms with Gasteiger partial charge in [0, 0.05) is 11.6 Å². The number of nitrogens with one attached hydrogen (secondary N) is 1. The average molecular weight is 288 g/mol. The summed E-state index contributed by atoms with van der Waals surface area (Å²) in [4.78, 5) is 11.3. The fourth-order valence-corrected chi connectivity index (χ4v) is 2.59. The van der Waals surface area contributed by atoms with Gasteiger partial charge in [-0.2, -0.15) is 0 Å². The fraction of sp³-hybridized carbons (Fsp3) is 0.455. The van der Waals surface area contributed by atoms with Gasteiger partial charge >= 0.3 is 0 Å². The molecule has 106 valence electrons. The molecule has 19 heavy (non-hydrogen) atoms. The van der Waals surface area contributed by atoms with Crippen molar-refractivity contribution in [1.82, 2.24) is 4.89 Å². The van der Waals surface area contributed by atoms with Crippen LogP contribution in [0, 0.1) is 10.1 Å². The Labute approximate surface area is 111 Å². The maximum atomic E-state index is 11.4. The summed E-state index contributed by atoms with van der Waals surface area (Å²) in [5.74, 6) is -0.000704. The van der Waals surface area contributed by atoms with Gasteiger partial charge in [0.2, 0.25) is 0 Å². The Hall–Kier alpha value is -1.51. The molecule has 0 aliphatic rings. The van der Waals surface area contributed by atoms with Crippen molar-refractivity contribution in [2.75, 3.05) is 0 Å². The smallest absolute Gasteiger partial charge is 0.274 e. The average Bonchev–Trinajstić information content (AvgIpc) is 2.40. The zero-order valence-electron chi connectivity index (χ0n) is 10.7. The molecule has 0 aromatic heterocycles. The molecule has 0 saturated carbocycles. The molecular formula is C11H16N2O5S. The van der Waals surface area contributed by atoms with E-state index in [2.05, 4.69) is 0 Å². The van der Waals surface area contributed by atoms with Gasteiger partial charge in [-0.1, -0.05) is 24.8 Å². The van der Waals surface area contributed by atoms with Crippen molar-refractivity contribution >= 4 is 15.7 Å². The molecule has 0 radical (unpaired) electrons. The minimum atomic E-state index is -4.11. The van der Waals surface area contributed by atoms with Crippen LogP contribution in [0.15, 0.2) is 23.1 Å². The van der Waals surface area contributed by atoms with Crippen LogP contribution in [0.2, 0.25) is 0 Å². The van der Waals surface area contributed by atoms with Gasteiger partial charge in [-0.25, -0.2) is 8.42 Å². The molecule has 2 N–H and O–H groups in total. The Balaban J connectivity index is 3.42. The minimum Gasteiger partial charge on any atom is -0.302 e. The van der Waals surface area contributed by atoms with Gasteiger partial charge in [-0.3, -0.25) is 10.1 Å². The second kappa shape index (κ2) is 6.09. The SMILES string of the molecule is CCC(CC)c1ccc(S(=O)(=O)NO)cc1[N+](=O)[O-]. The topological polar surface area (TPSA) is 110 Å². The predicted octanol–water partition coefficient (Wildman–Crippen LogP) is 2.17. The summed E-state index contributed by atoms with van der Waals surface area (Å²) < 4.78 is 22.8. The van der Waals surface area contributed by atoms with Crippen LogP contribution in [-0.2, 0) is 10.0 Å². The van der Waals surface area contributed by atoms with E-state index in [1.165, 1.54) is 12.1 Å². The molecule has 8 heteroatoms. The summed E-state index contributed by atoms with van der Waals surface area (Å²) >= 11 is 0. The summed E-state index contributed by atoms with van der Waals surface area (Å²) in [6.45, 7) is 3.83. The molecule has 1 aromatic rings. The molecule has 1 rings (SSSR count). The molecule has 0 saturated heterocycles. The van der Waals surface area contributed by atoms with E-state index < -0.39 is 14.9 Å². The highest BCUT2D eigenvalue weighted by Crippen LogP contribution is 2.32. The van der Waals surface area contributed by atoms with Crippen LogP contribution in [0.25, 0.3) is 0 Å². The molecule has 1 aromatic carbocycles. The first-order valence-electron chi connectivity index (χ1n) is 5.81. The Bertz CT molecular complexity index is 566. The number of nitro benzene ring substituents is 1. The third-order valence-electron chi connectivity index (χ3n) is 3.05. The van der Waals surface area contributed by atoms with Crippen molar-refractivity contribution in [3.8, 4) is 0 Å². The number of hydrogen-bond donors (Lipinski definition) is 2.